The maximum atomic E-state index is 12.5. The first kappa shape index (κ1) is 16.6. The molecule has 1 fully saturated rings. The van der Waals surface area contributed by atoms with Gasteiger partial charge >= 0.3 is 5.97 Å². The van der Waals surface area contributed by atoms with Gasteiger partial charge in [0.1, 0.15) is 11.9 Å². The van der Waals surface area contributed by atoms with Gasteiger partial charge in [-0.15, -0.1) is 0 Å². The molecule has 1 aliphatic heterocycles. The van der Waals surface area contributed by atoms with Crippen LogP contribution in [0, 0.1) is 11.3 Å². The Bertz CT molecular complexity index is 738. The Balaban J connectivity index is 1.76. The zero-order valence-corrected chi connectivity index (χ0v) is 15.3. The SMILES string of the molecule is COC(=O)C1(C)CCCC2c3cc4c(cc3CCC21)C(=O)CC(C)O4. The van der Waals surface area contributed by atoms with Crippen LogP contribution >= 0.6 is 0 Å². The van der Waals surface area contributed by atoms with Crippen molar-refractivity contribution in [2.45, 2.75) is 64.4 Å². The molecule has 4 rings (SSSR count). The molecule has 1 aromatic rings. The Hall–Kier alpha value is -1.84. The second-order valence-electron chi connectivity index (χ2n) is 8.16. The van der Waals surface area contributed by atoms with Crippen LogP contribution in [0.1, 0.15) is 73.4 Å². The molecular weight excluding hydrogens is 316 g/mol. The fourth-order valence-corrected chi connectivity index (χ4v) is 5.36. The fourth-order valence-electron chi connectivity index (χ4n) is 5.36. The summed E-state index contributed by atoms with van der Waals surface area (Å²) >= 11 is 0. The summed E-state index contributed by atoms with van der Waals surface area (Å²) in [6, 6.07) is 4.15. The van der Waals surface area contributed by atoms with Crippen LogP contribution in [0.4, 0.5) is 0 Å². The first-order valence-corrected chi connectivity index (χ1v) is 9.39. The van der Waals surface area contributed by atoms with Gasteiger partial charge in [-0.05, 0) is 74.6 Å². The van der Waals surface area contributed by atoms with E-state index in [1.165, 1.54) is 18.2 Å². The molecule has 0 aromatic heterocycles. The summed E-state index contributed by atoms with van der Waals surface area (Å²) in [6.45, 7) is 4.01. The first-order chi connectivity index (χ1) is 11.9. The minimum Gasteiger partial charge on any atom is -0.489 e. The molecular formula is C21H26O4. The van der Waals surface area contributed by atoms with Gasteiger partial charge in [-0.2, -0.15) is 0 Å². The first-order valence-electron chi connectivity index (χ1n) is 9.39. The van der Waals surface area contributed by atoms with Gasteiger partial charge in [0.2, 0.25) is 0 Å². The Labute approximate surface area is 148 Å². The van der Waals surface area contributed by atoms with Gasteiger partial charge < -0.3 is 9.47 Å². The molecule has 0 radical (unpaired) electrons. The number of aryl methyl sites for hydroxylation is 1. The molecule has 3 aliphatic rings. The van der Waals surface area contributed by atoms with Gasteiger partial charge in [0.25, 0.3) is 0 Å². The van der Waals surface area contributed by atoms with E-state index < -0.39 is 5.41 Å². The molecule has 0 spiro atoms. The van der Waals surface area contributed by atoms with Gasteiger partial charge in [-0.1, -0.05) is 6.42 Å². The maximum Gasteiger partial charge on any atom is 0.311 e. The number of fused-ring (bicyclic) bond motifs is 4. The van der Waals surface area contributed by atoms with Crippen LogP contribution in [-0.2, 0) is 16.0 Å². The second kappa shape index (κ2) is 5.86. The van der Waals surface area contributed by atoms with Crippen molar-refractivity contribution in [1.29, 1.82) is 0 Å². The standard InChI is InChI=1S/C21H26O4/c1-12-9-18(22)16-10-13-6-7-17-14(15(13)11-19(16)25-12)5-4-8-21(17,2)20(23)24-3/h10-12,14,17H,4-9H2,1-3H3. The smallest absolute Gasteiger partial charge is 0.311 e. The van der Waals surface area contributed by atoms with Crippen molar-refractivity contribution >= 4 is 11.8 Å². The lowest BCUT2D eigenvalue weighted by Gasteiger charge is -2.47. The molecule has 134 valence electrons. The Morgan fingerprint density at radius 1 is 1.32 bits per heavy atom. The number of Topliss-reactive ketones (excluding diaryl/α,β-unsaturated/α-hetero) is 1. The van der Waals surface area contributed by atoms with Crippen molar-refractivity contribution in [3.63, 3.8) is 0 Å². The lowest BCUT2D eigenvalue weighted by molar-refractivity contribution is -0.158. The number of hydrogen-bond donors (Lipinski definition) is 0. The summed E-state index contributed by atoms with van der Waals surface area (Å²) in [5.74, 6) is 1.48. The number of ketones is 1. The van der Waals surface area contributed by atoms with E-state index in [0.717, 1.165) is 43.4 Å². The van der Waals surface area contributed by atoms with E-state index in [2.05, 4.69) is 19.1 Å². The van der Waals surface area contributed by atoms with Crippen LogP contribution in [-0.4, -0.2) is 25.0 Å². The number of hydrogen-bond acceptors (Lipinski definition) is 4. The van der Waals surface area contributed by atoms with Crippen LogP contribution in [0.5, 0.6) is 5.75 Å². The summed E-state index contributed by atoms with van der Waals surface area (Å²) in [7, 11) is 1.49. The number of benzene rings is 1. The maximum absolute atomic E-state index is 12.5. The largest absolute Gasteiger partial charge is 0.489 e. The van der Waals surface area contributed by atoms with Crippen LogP contribution in [0.3, 0.4) is 0 Å². The normalized spacial score (nSPS) is 33.6. The molecule has 0 amide bonds. The molecule has 1 aromatic carbocycles. The van der Waals surface area contributed by atoms with Gasteiger partial charge in [0.05, 0.1) is 18.1 Å². The topological polar surface area (TPSA) is 52.6 Å². The Morgan fingerprint density at radius 3 is 2.88 bits per heavy atom. The summed E-state index contributed by atoms with van der Waals surface area (Å²) in [4.78, 5) is 24.8. The Kier molecular flexibility index (Phi) is 3.89. The van der Waals surface area contributed by atoms with E-state index in [4.69, 9.17) is 9.47 Å². The minimum atomic E-state index is -0.408. The third-order valence-electron chi connectivity index (χ3n) is 6.63. The quantitative estimate of drug-likeness (QED) is 0.723. The van der Waals surface area contributed by atoms with Crippen molar-refractivity contribution in [2.75, 3.05) is 7.11 Å². The monoisotopic (exact) mass is 342 g/mol. The zero-order valence-electron chi connectivity index (χ0n) is 15.3. The molecule has 0 saturated heterocycles. The van der Waals surface area contributed by atoms with Crippen molar-refractivity contribution in [2.24, 2.45) is 11.3 Å². The predicted octanol–water partition coefficient (Wildman–Crippen LogP) is 4.05. The minimum absolute atomic E-state index is 0.0656. The van der Waals surface area contributed by atoms with Gasteiger partial charge in [0, 0.05) is 6.42 Å². The number of rotatable bonds is 1. The lowest BCUT2D eigenvalue weighted by atomic mass is 9.56. The van der Waals surface area contributed by atoms with Crippen LogP contribution < -0.4 is 4.74 Å². The number of methoxy groups -OCH3 is 1. The summed E-state index contributed by atoms with van der Waals surface area (Å²) < 4.78 is 11.1. The molecule has 4 atom stereocenters. The number of carbonyl (C=O) groups excluding carboxylic acids is 2. The van der Waals surface area contributed by atoms with Gasteiger partial charge in [0.15, 0.2) is 5.78 Å². The van der Waals surface area contributed by atoms with Crippen LogP contribution in [0.15, 0.2) is 12.1 Å². The van der Waals surface area contributed by atoms with E-state index in [1.807, 2.05) is 6.92 Å². The fraction of sp³-hybridized carbons (Fsp3) is 0.619. The number of esters is 1. The molecule has 4 heteroatoms. The zero-order chi connectivity index (χ0) is 17.8. The van der Waals surface area contributed by atoms with Gasteiger partial charge in [-0.3, -0.25) is 9.59 Å². The molecule has 1 heterocycles. The third-order valence-corrected chi connectivity index (χ3v) is 6.63. The van der Waals surface area contributed by atoms with E-state index in [1.54, 1.807) is 0 Å². The summed E-state index contributed by atoms with van der Waals surface area (Å²) in [6.07, 6.45) is 5.30. The lowest BCUT2D eigenvalue weighted by Crippen LogP contribution is -2.44. The molecule has 25 heavy (non-hydrogen) atoms. The highest BCUT2D eigenvalue weighted by Crippen LogP contribution is 2.55. The molecule has 1 saturated carbocycles. The average Bonchev–Trinajstić information content (AvgIpc) is 2.59. The highest BCUT2D eigenvalue weighted by molar-refractivity contribution is 6.00. The van der Waals surface area contributed by atoms with E-state index in [-0.39, 0.29) is 17.9 Å². The van der Waals surface area contributed by atoms with Crippen molar-refractivity contribution in [3.8, 4) is 5.75 Å². The molecule has 4 nitrogen and oxygen atoms in total. The molecule has 2 aliphatic carbocycles. The van der Waals surface area contributed by atoms with E-state index in [0.29, 0.717) is 18.3 Å². The molecule has 0 bridgehead atoms. The summed E-state index contributed by atoms with van der Waals surface area (Å²) in [5, 5.41) is 0. The van der Waals surface area contributed by atoms with Crippen LogP contribution in [0.25, 0.3) is 0 Å². The van der Waals surface area contributed by atoms with E-state index >= 15 is 0 Å². The average molecular weight is 342 g/mol. The van der Waals surface area contributed by atoms with Crippen molar-refractivity contribution < 1.29 is 19.1 Å². The third kappa shape index (κ3) is 2.49. The molecule has 4 unspecified atom stereocenters. The van der Waals surface area contributed by atoms with Gasteiger partial charge in [-0.25, -0.2) is 0 Å². The number of carbonyl (C=O) groups is 2. The second-order valence-corrected chi connectivity index (χ2v) is 8.16. The predicted molar refractivity (Wildman–Crippen MR) is 94.0 cm³/mol. The van der Waals surface area contributed by atoms with Crippen LogP contribution in [0.2, 0.25) is 0 Å². The summed E-state index contributed by atoms with van der Waals surface area (Å²) in [5.41, 5.74) is 2.88. The van der Waals surface area contributed by atoms with Crippen molar-refractivity contribution in [3.05, 3.63) is 28.8 Å². The number of ether oxygens (including phenoxy) is 2. The highest BCUT2D eigenvalue weighted by Gasteiger charge is 2.50. The van der Waals surface area contributed by atoms with Crippen molar-refractivity contribution in [1.82, 2.24) is 0 Å². The molecule has 0 N–H and O–H groups in total. The van der Waals surface area contributed by atoms with E-state index in [9.17, 15) is 9.59 Å². The Morgan fingerprint density at radius 2 is 2.12 bits per heavy atom. The highest BCUT2D eigenvalue weighted by atomic mass is 16.5.